The zero-order chi connectivity index (χ0) is 15.1. The summed E-state index contributed by atoms with van der Waals surface area (Å²) in [6, 6.07) is 5.07. The first-order valence-electron chi connectivity index (χ1n) is 9.02. The van der Waals surface area contributed by atoms with Crippen LogP contribution in [-0.2, 0) is 0 Å². The molecule has 0 aliphatic heterocycles. The Morgan fingerprint density at radius 3 is 2.52 bits per heavy atom. The molecular formula is C19H34NO+. The van der Waals surface area contributed by atoms with Crippen LogP contribution in [0.4, 0.5) is 0 Å². The third-order valence-corrected chi connectivity index (χ3v) is 5.11. The zero-order valence-corrected chi connectivity index (χ0v) is 14.2. The average molecular weight is 292 g/mol. The molecule has 120 valence electrons. The molecule has 1 atom stereocenters. The maximum Gasteiger partial charge on any atom is 0.107 e. The maximum absolute atomic E-state index is 5.67. The number of nitrogens with two attached hydrogens (primary N) is 1. The Hall–Kier alpha value is -0.760. The van der Waals surface area contributed by atoms with Gasteiger partial charge < -0.3 is 9.73 Å². The normalized spacial score (nSPS) is 24.4. The van der Waals surface area contributed by atoms with E-state index in [1.807, 2.05) is 12.3 Å². The predicted molar refractivity (Wildman–Crippen MR) is 88.4 cm³/mol. The van der Waals surface area contributed by atoms with Crippen LogP contribution in [0.1, 0.15) is 77.4 Å². The van der Waals surface area contributed by atoms with Crippen molar-refractivity contribution in [1.82, 2.24) is 0 Å². The Bertz CT molecular complexity index is 363. The van der Waals surface area contributed by atoms with Crippen molar-refractivity contribution in [1.29, 1.82) is 0 Å². The fourth-order valence-electron chi connectivity index (χ4n) is 3.54. The highest BCUT2D eigenvalue weighted by Crippen LogP contribution is 2.27. The summed E-state index contributed by atoms with van der Waals surface area (Å²) in [7, 11) is 0. The molecule has 1 aromatic heterocycles. The smallest absolute Gasteiger partial charge is 0.107 e. The van der Waals surface area contributed by atoms with Crippen molar-refractivity contribution < 1.29 is 9.73 Å². The van der Waals surface area contributed by atoms with Crippen molar-refractivity contribution >= 4 is 0 Å². The number of quaternary nitrogens is 1. The summed E-state index contributed by atoms with van der Waals surface area (Å²) in [4.78, 5) is 0. The molecule has 0 unspecified atom stereocenters. The van der Waals surface area contributed by atoms with Gasteiger partial charge in [0.1, 0.15) is 5.76 Å². The highest BCUT2D eigenvalue weighted by atomic mass is 16.3. The number of furan rings is 1. The molecule has 1 fully saturated rings. The highest BCUT2D eigenvalue weighted by Gasteiger charge is 2.21. The second-order valence-electron chi connectivity index (χ2n) is 7.52. The molecule has 1 aromatic rings. The molecule has 0 bridgehead atoms. The van der Waals surface area contributed by atoms with Gasteiger partial charge in [0, 0.05) is 12.3 Å². The third kappa shape index (κ3) is 5.86. The molecule has 21 heavy (non-hydrogen) atoms. The molecule has 2 heteroatoms. The van der Waals surface area contributed by atoms with Crippen molar-refractivity contribution in [2.45, 2.75) is 77.7 Å². The molecule has 2 rings (SSSR count). The van der Waals surface area contributed by atoms with Crippen molar-refractivity contribution in [3.05, 3.63) is 24.2 Å². The molecule has 1 aliphatic rings. The lowest BCUT2D eigenvalue weighted by Crippen LogP contribution is -2.90. The van der Waals surface area contributed by atoms with Gasteiger partial charge in [0.15, 0.2) is 0 Å². The van der Waals surface area contributed by atoms with Crippen LogP contribution in [-0.4, -0.2) is 12.6 Å². The number of hydrogen-bond donors (Lipinski definition) is 1. The summed E-state index contributed by atoms with van der Waals surface area (Å²) >= 11 is 0. The van der Waals surface area contributed by atoms with Gasteiger partial charge in [-0.1, -0.05) is 27.2 Å². The van der Waals surface area contributed by atoms with E-state index in [0.717, 1.165) is 17.9 Å². The molecule has 2 N–H and O–H groups in total. The average Bonchev–Trinajstić information content (AvgIpc) is 2.98. The van der Waals surface area contributed by atoms with Crippen LogP contribution in [0.25, 0.3) is 0 Å². The summed E-state index contributed by atoms with van der Waals surface area (Å²) in [5, 5.41) is 2.61. The second kappa shape index (κ2) is 8.63. The van der Waals surface area contributed by atoms with Gasteiger partial charge in [0.25, 0.3) is 0 Å². The van der Waals surface area contributed by atoms with Gasteiger partial charge in [-0.2, -0.15) is 0 Å². The van der Waals surface area contributed by atoms with E-state index in [9.17, 15) is 0 Å². The van der Waals surface area contributed by atoms with Crippen LogP contribution < -0.4 is 5.32 Å². The summed E-state index contributed by atoms with van der Waals surface area (Å²) in [5.74, 6) is 3.55. The summed E-state index contributed by atoms with van der Waals surface area (Å²) in [6.45, 7) is 8.28. The topological polar surface area (TPSA) is 29.8 Å². The Morgan fingerprint density at radius 1 is 1.14 bits per heavy atom. The van der Waals surface area contributed by atoms with E-state index in [2.05, 4.69) is 32.2 Å². The fourth-order valence-corrected chi connectivity index (χ4v) is 3.54. The second-order valence-corrected chi connectivity index (χ2v) is 7.52. The van der Waals surface area contributed by atoms with E-state index in [1.54, 1.807) is 0 Å². The van der Waals surface area contributed by atoms with Gasteiger partial charge in [-0.3, -0.25) is 0 Å². The van der Waals surface area contributed by atoms with Gasteiger partial charge in [-0.25, -0.2) is 0 Å². The summed E-state index contributed by atoms with van der Waals surface area (Å²) < 4.78 is 5.67. The van der Waals surface area contributed by atoms with E-state index in [1.165, 1.54) is 57.3 Å². The van der Waals surface area contributed by atoms with Gasteiger partial charge in [0.05, 0.1) is 18.8 Å². The molecule has 0 amide bonds. The lowest BCUT2D eigenvalue weighted by Gasteiger charge is -2.25. The molecule has 1 heterocycles. The first-order valence-corrected chi connectivity index (χ1v) is 9.02. The number of rotatable bonds is 8. The first-order chi connectivity index (χ1) is 10.1. The molecule has 1 aliphatic carbocycles. The van der Waals surface area contributed by atoms with Gasteiger partial charge in [0.2, 0.25) is 0 Å². The minimum Gasteiger partial charge on any atom is -0.469 e. The Kier molecular flexibility index (Phi) is 6.82. The van der Waals surface area contributed by atoms with Crippen LogP contribution in [0, 0.1) is 11.8 Å². The molecule has 0 spiro atoms. The van der Waals surface area contributed by atoms with Crippen LogP contribution in [0.15, 0.2) is 22.8 Å². The maximum atomic E-state index is 5.67. The van der Waals surface area contributed by atoms with E-state index >= 15 is 0 Å². The Balaban J connectivity index is 1.74. The van der Waals surface area contributed by atoms with Gasteiger partial charge in [-0.05, 0) is 56.1 Å². The molecule has 1 saturated carbocycles. The standard InChI is InChI=1S/C19H33NO/c1-15(2)6-9-17(19-5-4-14-21-19)12-13-20-18-10-7-16(3)8-11-18/h4-5,14-18,20H,6-13H2,1-3H3/p+1/t16?,17-,18?/m1/s1. The van der Waals surface area contributed by atoms with Crippen LogP contribution in [0.3, 0.4) is 0 Å². The van der Waals surface area contributed by atoms with E-state index in [-0.39, 0.29) is 0 Å². The van der Waals surface area contributed by atoms with E-state index < -0.39 is 0 Å². The number of hydrogen-bond acceptors (Lipinski definition) is 1. The van der Waals surface area contributed by atoms with Gasteiger partial charge in [-0.15, -0.1) is 0 Å². The lowest BCUT2D eigenvalue weighted by molar-refractivity contribution is -0.692. The molecule has 0 saturated heterocycles. The fraction of sp³-hybridized carbons (Fsp3) is 0.789. The van der Waals surface area contributed by atoms with Crippen molar-refractivity contribution in [3.63, 3.8) is 0 Å². The molecule has 0 radical (unpaired) electrons. The van der Waals surface area contributed by atoms with Crippen molar-refractivity contribution in [2.24, 2.45) is 11.8 Å². The largest absolute Gasteiger partial charge is 0.469 e. The lowest BCUT2D eigenvalue weighted by atomic mass is 9.87. The highest BCUT2D eigenvalue weighted by molar-refractivity contribution is 5.05. The molecule has 2 nitrogen and oxygen atoms in total. The van der Waals surface area contributed by atoms with Crippen molar-refractivity contribution in [2.75, 3.05) is 6.54 Å². The van der Waals surface area contributed by atoms with Crippen LogP contribution in [0.5, 0.6) is 0 Å². The first kappa shape index (κ1) is 16.6. The summed E-state index contributed by atoms with van der Waals surface area (Å²) in [5.41, 5.74) is 0. The summed E-state index contributed by atoms with van der Waals surface area (Å²) in [6.07, 6.45) is 11.3. The van der Waals surface area contributed by atoms with Crippen LogP contribution in [0.2, 0.25) is 0 Å². The van der Waals surface area contributed by atoms with Gasteiger partial charge >= 0.3 is 0 Å². The Labute approximate surface area is 130 Å². The van der Waals surface area contributed by atoms with E-state index in [4.69, 9.17) is 4.42 Å². The quantitative estimate of drug-likeness (QED) is 0.759. The minimum absolute atomic E-state index is 0.612. The third-order valence-electron chi connectivity index (χ3n) is 5.11. The minimum atomic E-state index is 0.612. The SMILES string of the molecule is CC(C)CC[C@H](CC[NH2+]C1CCC(C)CC1)c1ccco1. The monoisotopic (exact) mass is 292 g/mol. The predicted octanol–water partition coefficient (Wildman–Crippen LogP) is 4.33. The van der Waals surface area contributed by atoms with E-state index in [0.29, 0.717) is 5.92 Å². The molecular weight excluding hydrogens is 258 g/mol. The van der Waals surface area contributed by atoms with Crippen molar-refractivity contribution in [3.8, 4) is 0 Å². The molecule has 0 aromatic carbocycles. The van der Waals surface area contributed by atoms with Crippen LogP contribution >= 0.6 is 0 Å². The Morgan fingerprint density at radius 2 is 1.90 bits per heavy atom. The zero-order valence-electron chi connectivity index (χ0n) is 14.2.